The van der Waals surface area contributed by atoms with Gasteiger partial charge in [0.05, 0.1) is 24.7 Å². The van der Waals surface area contributed by atoms with E-state index in [1.54, 1.807) is 24.5 Å². The molecular weight excluding hydrogens is 458 g/mol. The number of hydrogen-bond donors (Lipinski definition) is 2. The first-order chi connectivity index (χ1) is 17.6. The molecule has 36 heavy (non-hydrogen) atoms. The molecule has 0 aliphatic carbocycles. The van der Waals surface area contributed by atoms with Crippen LogP contribution in [-0.4, -0.2) is 27.6 Å². The van der Waals surface area contributed by atoms with E-state index in [-0.39, 0.29) is 24.3 Å². The highest BCUT2D eigenvalue weighted by Gasteiger charge is 2.17. The number of amides is 1. The lowest BCUT2D eigenvalue weighted by Gasteiger charge is -2.15. The standard InChI is InChI=1S/C27H23N5O4/c1-35-23-10-6-14-32-25(23)31-24(30-20-11-12-22-19(15-20)9-5-13-28-22)21(26(32)33)16-29-27(34)36-17-18-7-3-2-4-8-18/h2-15,30H,16-17H2,1H3,(H,29,34). The molecule has 2 N–H and O–H groups in total. The van der Waals surface area contributed by atoms with Crippen LogP contribution in [0.25, 0.3) is 16.6 Å². The maximum Gasteiger partial charge on any atom is 0.407 e. The molecule has 3 aromatic heterocycles. The molecule has 0 unspecified atom stereocenters. The van der Waals surface area contributed by atoms with E-state index in [2.05, 4.69) is 20.6 Å². The topological polar surface area (TPSA) is 107 Å². The van der Waals surface area contributed by atoms with E-state index in [0.29, 0.717) is 17.2 Å². The van der Waals surface area contributed by atoms with Crippen LogP contribution < -0.4 is 20.9 Å². The van der Waals surface area contributed by atoms with E-state index in [4.69, 9.17) is 9.47 Å². The predicted octanol–water partition coefficient (Wildman–Crippen LogP) is 4.42. The summed E-state index contributed by atoms with van der Waals surface area (Å²) < 4.78 is 12.1. The van der Waals surface area contributed by atoms with Gasteiger partial charge < -0.3 is 20.1 Å². The van der Waals surface area contributed by atoms with E-state index >= 15 is 0 Å². The number of hydrogen-bond acceptors (Lipinski definition) is 7. The lowest BCUT2D eigenvalue weighted by molar-refractivity contribution is 0.139. The van der Waals surface area contributed by atoms with Crippen LogP contribution in [0.4, 0.5) is 16.3 Å². The highest BCUT2D eigenvalue weighted by atomic mass is 16.5. The van der Waals surface area contributed by atoms with Crippen LogP contribution in [0.15, 0.2) is 90.0 Å². The van der Waals surface area contributed by atoms with Gasteiger partial charge in [0, 0.05) is 23.5 Å². The molecule has 1 amide bonds. The first-order valence-electron chi connectivity index (χ1n) is 11.3. The quantitative estimate of drug-likeness (QED) is 0.354. The zero-order valence-corrected chi connectivity index (χ0v) is 19.5. The second kappa shape index (κ2) is 10.1. The summed E-state index contributed by atoms with van der Waals surface area (Å²) in [4.78, 5) is 34.8. The lowest BCUT2D eigenvalue weighted by atomic mass is 10.2. The third-order valence-electron chi connectivity index (χ3n) is 5.62. The zero-order valence-electron chi connectivity index (χ0n) is 19.5. The number of nitrogens with one attached hydrogen (secondary N) is 2. The number of nitrogens with zero attached hydrogens (tertiary/aromatic N) is 3. The number of methoxy groups -OCH3 is 1. The first kappa shape index (κ1) is 22.9. The molecule has 0 atom stereocenters. The number of fused-ring (bicyclic) bond motifs is 2. The predicted molar refractivity (Wildman–Crippen MR) is 137 cm³/mol. The monoisotopic (exact) mass is 481 g/mol. The number of anilines is 2. The smallest absolute Gasteiger partial charge is 0.407 e. The minimum atomic E-state index is -0.642. The summed E-state index contributed by atoms with van der Waals surface area (Å²) in [6.45, 7) is 0.0339. The van der Waals surface area contributed by atoms with Crippen molar-refractivity contribution in [3.05, 3.63) is 107 Å². The Morgan fingerprint density at radius 1 is 1.03 bits per heavy atom. The van der Waals surface area contributed by atoms with Gasteiger partial charge in [0.1, 0.15) is 12.4 Å². The zero-order chi connectivity index (χ0) is 24.9. The van der Waals surface area contributed by atoms with E-state index in [0.717, 1.165) is 22.2 Å². The Balaban J connectivity index is 1.46. The minimum Gasteiger partial charge on any atom is -0.493 e. The van der Waals surface area contributed by atoms with Gasteiger partial charge in [-0.1, -0.05) is 36.4 Å². The van der Waals surface area contributed by atoms with Crippen molar-refractivity contribution in [1.29, 1.82) is 0 Å². The summed E-state index contributed by atoms with van der Waals surface area (Å²) in [7, 11) is 1.52. The summed E-state index contributed by atoms with van der Waals surface area (Å²) in [5.74, 6) is 0.748. The molecule has 9 heteroatoms. The molecule has 0 aliphatic rings. The minimum absolute atomic E-state index is 0.0862. The number of carbonyl (C=O) groups is 1. The molecule has 9 nitrogen and oxygen atoms in total. The number of pyridine rings is 2. The molecule has 0 saturated carbocycles. The maximum atomic E-state index is 13.4. The Morgan fingerprint density at radius 2 is 1.89 bits per heavy atom. The van der Waals surface area contributed by atoms with Crippen molar-refractivity contribution in [2.24, 2.45) is 0 Å². The van der Waals surface area contributed by atoms with Crippen LogP contribution in [-0.2, 0) is 17.9 Å². The molecule has 0 aliphatic heterocycles. The van der Waals surface area contributed by atoms with Gasteiger partial charge in [0.2, 0.25) is 0 Å². The second-order valence-corrected chi connectivity index (χ2v) is 7.97. The van der Waals surface area contributed by atoms with Crippen molar-refractivity contribution in [2.45, 2.75) is 13.2 Å². The summed E-state index contributed by atoms with van der Waals surface area (Å²) in [5.41, 5.74) is 2.70. The van der Waals surface area contributed by atoms with Crippen molar-refractivity contribution in [3.63, 3.8) is 0 Å². The van der Waals surface area contributed by atoms with Crippen molar-refractivity contribution in [2.75, 3.05) is 12.4 Å². The van der Waals surface area contributed by atoms with E-state index in [1.807, 2.05) is 60.7 Å². The van der Waals surface area contributed by atoms with Crippen LogP contribution in [0.3, 0.4) is 0 Å². The molecule has 0 fully saturated rings. The van der Waals surface area contributed by atoms with Crippen LogP contribution in [0.1, 0.15) is 11.1 Å². The van der Waals surface area contributed by atoms with Gasteiger partial charge in [-0.25, -0.2) is 9.78 Å². The first-order valence-corrected chi connectivity index (χ1v) is 11.3. The molecular formula is C27H23N5O4. The van der Waals surface area contributed by atoms with E-state index in [9.17, 15) is 9.59 Å². The highest BCUT2D eigenvalue weighted by molar-refractivity contribution is 5.83. The van der Waals surface area contributed by atoms with Crippen molar-refractivity contribution in [3.8, 4) is 5.75 Å². The number of aromatic nitrogens is 3. The van der Waals surface area contributed by atoms with E-state index in [1.165, 1.54) is 11.5 Å². The normalized spacial score (nSPS) is 10.8. The number of rotatable bonds is 7. The van der Waals surface area contributed by atoms with Crippen molar-refractivity contribution < 1.29 is 14.3 Å². The Bertz CT molecular complexity index is 1600. The Hall–Kier alpha value is -4.92. The molecule has 0 saturated heterocycles. The third kappa shape index (κ3) is 4.80. The SMILES string of the molecule is COc1cccn2c(=O)c(CNC(=O)OCc3ccccc3)c(Nc3ccc4ncccc4c3)nc12. The maximum absolute atomic E-state index is 13.4. The Labute approximate surface area is 206 Å². The van der Waals surface area contributed by atoms with Crippen LogP contribution in [0.5, 0.6) is 5.75 Å². The van der Waals surface area contributed by atoms with Crippen LogP contribution in [0, 0.1) is 0 Å². The van der Waals surface area contributed by atoms with Gasteiger partial charge in [-0.15, -0.1) is 0 Å². The van der Waals surface area contributed by atoms with Gasteiger partial charge in [-0.2, -0.15) is 0 Å². The lowest BCUT2D eigenvalue weighted by Crippen LogP contribution is -2.30. The third-order valence-corrected chi connectivity index (χ3v) is 5.62. The molecule has 0 radical (unpaired) electrons. The average Bonchev–Trinajstić information content (AvgIpc) is 2.92. The molecule has 5 rings (SSSR count). The van der Waals surface area contributed by atoms with Gasteiger partial charge in [-0.3, -0.25) is 14.2 Å². The van der Waals surface area contributed by atoms with Gasteiger partial charge >= 0.3 is 6.09 Å². The van der Waals surface area contributed by atoms with E-state index < -0.39 is 6.09 Å². The largest absolute Gasteiger partial charge is 0.493 e. The fraction of sp³-hybridized carbons (Fsp3) is 0.111. The number of benzene rings is 2. The molecule has 0 spiro atoms. The molecule has 0 bridgehead atoms. The van der Waals surface area contributed by atoms with Gasteiger partial charge in [0.25, 0.3) is 5.56 Å². The Kier molecular flexibility index (Phi) is 6.44. The number of alkyl carbamates (subject to hydrolysis) is 1. The van der Waals surface area contributed by atoms with Gasteiger partial charge in [0.15, 0.2) is 11.4 Å². The molecule has 3 heterocycles. The van der Waals surface area contributed by atoms with Crippen LogP contribution >= 0.6 is 0 Å². The molecule has 5 aromatic rings. The highest BCUT2D eigenvalue weighted by Crippen LogP contribution is 2.24. The number of ether oxygens (including phenoxy) is 2. The fourth-order valence-electron chi connectivity index (χ4n) is 3.82. The van der Waals surface area contributed by atoms with Crippen LogP contribution in [0.2, 0.25) is 0 Å². The summed E-state index contributed by atoms with van der Waals surface area (Å²) >= 11 is 0. The molecule has 180 valence electrons. The van der Waals surface area contributed by atoms with Crippen molar-refractivity contribution >= 4 is 34.1 Å². The summed E-state index contributed by atoms with van der Waals surface area (Å²) in [6.07, 6.45) is 2.70. The van der Waals surface area contributed by atoms with Crippen molar-refractivity contribution in [1.82, 2.24) is 19.7 Å². The Morgan fingerprint density at radius 3 is 2.72 bits per heavy atom. The average molecular weight is 482 g/mol. The second-order valence-electron chi connectivity index (χ2n) is 7.97. The summed E-state index contributed by atoms with van der Waals surface area (Å²) in [6, 6.07) is 22.2. The number of carbonyl (C=O) groups excluding carboxylic acids is 1. The van der Waals surface area contributed by atoms with Gasteiger partial charge in [-0.05, 0) is 42.0 Å². The fourth-order valence-corrected chi connectivity index (χ4v) is 3.82. The molecule has 2 aromatic carbocycles. The summed E-state index contributed by atoms with van der Waals surface area (Å²) in [5, 5.41) is 6.83.